The number of aliphatic imine (C=N–C) groups is 1. The lowest BCUT2D eigenvalue weighted by molar-refractivity contribution is 0.226. The normalized spacial score (nSPS) is 16.2. The minimum absolute atomic E-state index is 0.0360. The summed E-state index contributed by atoms with van der Waals surface area (Å²) >= 11 is 0. The molecule has 0 fully saturated rings. The number of benzene rings is 1. The van der Waals surface area contributed by atoms with E-state index >= 15 is 4.39 Å². The molecular weight excluding hydrogens is 416 g/mol. The minimum Gasteiger partial charge on any atom is -0.482 e. The molecule has 0 saturated carbocycles. The predicted molar refractivity (Wildman–Crippen MR) is 118 cm³/mol. The first-order valence-electron chi connectivity index (χ1n) is 10.1. The Balaban J connectivity index is 2.07. The first-order chi connectivity index (χ1) is 15.3. The second kappa shape index (κ2) is 8.41. The maximum atomic E-state index is 15.0. The molecule has 1 aromatic carbocycles. The number of halogens is 2. The van der Waals surface area contributed by atoms with Gasteiger partial charge in [-0.05, 0) is 25.5 Å². The van der Waals surface area contributed by atoms with Crippen molar-refractivity contribution in [2.45, 2.75) is 32.8 Å². The topological polar surface area (TPSA) is 113 Å². The zero-order valence-corrected chi connectivity index (χ0v) is 17.9. The lowest BCUT2D eigenvalue weighted by Crippen LogP contribution is -2.15. The van der Waals surface area contributed by atoms with Crippen LogP contribution in [0, 0.1) is 11.6 Å². The van der Waals surface area contributed by atoms with Crippen molar-refractivity contribution in [2.75, 3.05) is 12.8 Å². The van der Waals surface area contributed by atoms with E-state index in [1.165, 1.54) is 12.3 Å². The van der Waals surface area contributed by atoms with E-state index in [4.69, 9.17) is 20.7 Å². The van der Waals surface area contributed by atoms with Crippen molar-refractivity contribution in [3.8, 4) is 16.9 Å². The molecule has 1 aliphatic rings. The summed E-state index contributed by atoms with van der Waals surface area (Å²) in [5.41, 5.74) is 15.5. The van der Waals surface area contributed by atoms with Gasteiger partial charge >= 0.3 is 0 Å². The molecule has 4 N–H and O–H groups in total. The Kier molecular flexibility index (Phi) is 5.65. The summed E-state index contributed by atoms with van der Waals surface area (Å²) in [5, 5.41) is 4.18. The number of pyridine rings is 1. The van der Waals surface area contributed by atoms with Gasteiger partial charge in [-0.3, -0.25) is 4.99 Å². The average molecular weight is 439 g/mol. The van der Waals surface area contributed by atoms with Crippen LogP contribution in [0.5, 0.6) is 5.75 Å². The van der Waals surface area contributed by atoms with Gasteiger partial charge in [0.1, 0.15) is 23.5 Å². The van der Waals surface area contributed by atoms with Crippen molar-refractivity contribution in [2.24, 2.45) is 10.7 Å². The molecule has 0 amide bonds. The summed E-state index contributed by atoms with van der Waals surface area (Å²) in [7, 11) is 1.58. The highest BCUT2D eigenvalue weighted by Crippen LogP contribution is 2.38. The Morgan fingerprint density at radius 2 is 2.00 bits per heavy atom. The molecule has 166 valence electrons. The first kappa shape index (κ1) is 21.5. The number of hydrogen-bond donors (Lipinski definition) is 2. The van der Waals surface area contributed by atoms with Crippen LogP contribution in [0.25, 0.3) is 16.8 Å². The number of anilines is 1. The maximum Gasteiger partial charge on any atom is 0.166 e. The van der Waals surface area contributed by atoms with Crippen molar-refractivity contribution < 1.29 is 18.0 Å². The van der Waals surface area contributed by atoms with Crippen LogP contribution in [0.4, 0.5) is 14.6 Å². The summed E-state index contributed by atoms with van der Waals surface area (Å²) in [6.07, 6.45) is 3.17. The third-order valence-corrected chi connectivity index (χ3v) is 5.42. The van der Waals surface area contributed by atoms with E-state index in [0.29, 0.717) is 23.3 Å². The van der Waals surface area contributed by atoms with Crippen molar-refractivity contribution >= 4 is 17.7 Å². The fourth-order valence-corrected chi connectivity index (χ4v) is 3.89. The van der Waals surface area contributed by atoms with Gasteiger partial charge in [0.2, 0.25) is 0 Å². The molecule has 32 heavy (non-hydrogen) atoms. The molecular formula is C23H23F2N5O2. The van der Waals surface area contributed by atoms with Gasteiger partial charge in [0, 0.05) is 65.5 Å². The summed E-state index contributed by atoms with van der Waals surface area (Å²) in [6.45, 7) is 3.62. The zero-order chi connectivity index (χ0) is 23.0. The Bertz CT molecular complexity index is 1250. The molecule has 3 heterocycles. The van der Waals surface area contributed by atoms with Crippen LogP contribution in [-0.2, 0) is 12.8 Å². The third kappa shape index (κ3) is 3.70. The van der Waals surface area contributed by atoms with Gasteiger partial charge in [0.05, 0.1) is 5.69 Å². The highest BCUT2D eigenvalue weighted by atomic mass is 19.1. The maximum absolute atomic E-state index is 15.0. The molecule has 2 bridgehead atoms. The highest BCUT2D eigenvalue weighted by molar-refractivity contribution is 5.91. The van der Waals surface area contributed by atoms with Crippen molar-refractivity contribution in [3.05, 3.63) is 64.2 Å². The molecule has 0 aliphatic carbocycles. The van der Waals surface area contributed by atoms with Gasteiger partial charge in [-0.15, -0.1) is 0 Å². The van der Waals surface area contributed by atoms with E-state index < -0.39 is 17.7 Å². The SMILES string of the molecule is CCc1noc2c1-c1cnc(N)c(c1)O[C@H](C)c1cc(F)cc(F)c1C(N)=C(C=NC)C2. The van der Waals surface area contributed by atoms with E-state index in [2.05, 4.69) is 15.1 Å². The lowest BCUT2D eigenvalue weighted by Gasteiger charge is -2.22. The molecule has 0 saturated heterocycles. The lowest BCUT2D eigenvalue weighted by atomic mass is 9.93. The average Bonchev–Trinajstić information content (AvgIpc) is 3.16. The van der Waals surface area contributed by atoms with Crippen LogP contribution in [-0.4, -0.2) is 23.4 Å². The molecule has 1 aliphatic heterocycles. The first-order valence-corrected chi connectivity index (χ1v) is 10.1. The largest absolute Gasteiger partial charge is 0.482 e. The summed E-state index contributed by atoms with van der Waals surface area (Å²) in [4.78, 5) is 8.32. The summed E-state index contributed by atoms with van der Waals surface area (Å²) in [6, 6.07) is 3.72. The minimum atomic E-state index is -0.807. The van der Waals surface area contributed by atoms with Gasteiger partial charge in [-0.1, -0.05) is 12.1 Å². The number of aromatic nitrogens is 2. The fourth-order valence-electron chi connectivity index (χ4n) is 3.89. The number of nitrogens with zero attached hydrogens (tertiary/aromatic N) is 3. The van der Waals surface area contributed by atoms with E-state index in [-0.39, 0.29) is 34.8 Å². The van der Waals surface area contributed by atoms with Crippen LogP contribution in [0.15, 0.2) is 39.5 Å². The van der Waals surface area contributed by atoms with Crippen LogP contribution in [0.1, 0.15) is 42.5 Å². The fraction of sp³-hybridized carbons (Fsp3) is 0.261. The smallest absolute Gasteiger partial charge is 0.166 e. The highest BCUT2D eigenvalue weighted by Gasteiger charge is 2.26. The molecule has 2 aromatic heterocycles. The Morgan fingerprint density at radius 1 is 1.22 bits per heavy atom. The molecule has 4 rings (SSSR count). The molecule has 3 aromatic rings. The standard InChI is InChI=1S/C23H23F2N5O2/c1-4-17-20-12-5-19(23(27)29-10-12)31-11(2)15-7-14(24)8-16(25)21(15)22(26)13(9-28-3)6-18(20)32-30-17/h5,7-11H,4,6,26H2,1-3H3,(H2,27,29)/t11-/m1/s1. The van der Waals surface area contributed by atoms with Gasteiger partial charge < -0.3 is 20.7 Å². The second-order valence-corrected chi connectivity index (χ2v) is 7.50. The van der Waals surface area contributed by atoms with Crippen LogP contribution in [0.2, 0.25) is 0 Å². The van der Waals surface area contributed by atoms with E-state index in [9.17, 15) is 4.39 Å². The van der Waals surface area contributed by atoms with E-state index in [1.807, 2.05) is 6.92 Å². The zero-order valence-electron chi connectivity index (χ0n) is 17.9. The van der Waals surface area contributed by atoms with Crippen LogP contribution < -0.4 is 16.2 Å². The van der Waals surface area contributed by atoms with E-state index in [0.717, 1.165) is 17.3 Å². The molecule has 9 heteroatoms. The van der Waals surface area contributed by atoms with Gasteiger partial charge in [-0.2, -0.15) is 0 Å². The molecule has 0 spiro atoms. The van der Waals surface area contributed by atoms with Gasteiger partial charge in [0.15, 0.2) is 11.6 Å². The van der Waals surface area contributed by atoms with Crippen molar-refractivity contribution in [1.82, 2.24) is 10.1 Å². The Morgan fingerprint density at radius 3 is 2.72 bits per heavy atom. The summed E-state index contributed by atoms with van der Waals surface area (Å²) in [5.74, 6) is -0.617. The van der Waals surface area contributed by atoms with Crippen LogP contribution in [0.3, 0.4) is 0 Å². The molecule has 0 unspecified atom stereocenters. The second-order valence-electron chi connectivity index (χ2n) is 7.50. The number of ether oxygens (including phenoxy) is 1. The van der Waals surface area contributed by atoms with Crippen molar-refractivity contribution in [1.29, 1.82) is 0 Å². The van der Waals surface area contributed by atoms with Crippen molar-refractivity contribution in [3.63, 3.8) is 0 Å². The quantitative estimate of drug-likeness (QED) is 0.578. The predicted octanol–water partition coefficient (Wildman–Crippen LogP) is 4.23. The Hall–Kier alpha value is -3.75. The summed E-state index contributed by atoms with van der Waals surface area (Å²) < 4.78 is 40.8. The third-order valence-electron chi connectivity index (χ3n) is 5.42. The number of nitrogen functional groups attached to an aromatic ring is 1. The number of nitrogens with two attached hydrogens (primary N) is 2. The van der Waals surface area contributed by atoms with Gasteiger partial charge in [0.25, 0.3) is 0 Å². The van der Waals surface area contributed by atoms with Crippen LogP contribution >= 0.6 is 0 Å². The monoisotopic (exact) mass is 439 g/mol. The number of aryl methyl sites for hydroxylation is 1. The molecule has 1 atom stereocenters. The molecule has 7 nitrogen and oxygen atoms in total. The molecule has 0 radical (unpaired) electrons. The number of rotatable bonds is 2. The number of hydrogen-bond acceptors (Lipinski definition) is 7. The number of fused-ring (bicyclic) bond motifs is 5. The van der Waals surface area contributed by atoms with Gasteiger partial charge in [-0.25, -0.2) is 13.8 Å². The number of allylic oxidation sites excluding steroid dienone is 1. The van der Waals surface area contributed by atoms with E-state index in [1.54, 1.807) is 26.2 Å². The Labute approximate surface area is 183 Å².